The van der Waals surface area contributed by atoms with Crippen LogP contribution in [0.3, 0.4) is 0 Å². The zero-order valence-electron chi connectivity index (χ0n) is 17.1. The van der Waals surface area contributed by atoms with Gasteiger partial charge in [-0.05, 0) is 36.3 Å². The Labute approximate surface area is 177 Å². The van der Waals surface area contributed by atoms with Crippen molar-refractivity contribution >= 4 is 29.5 Å². The van der Waals surface area contributed by atoms with Crippen LogP contribution < -0.4 is 0 Å². The maximum Gasteiger partial charge on any atom is 0.308 e. The lowest BCUT2D eigenvalue weighted by atomic mass is 9.82. The molecule has 0 amide bonds. The van der Waals surface area contributed by atoms with E-state index in [9.17, 15) is 4.79 Å². The van der Waals surface area contributed by atoms with Gasteiger partial charge in [-0.3, -0.25) is 4.79 Å². The molecule has 0 radical (unpaired) electrons. The number of methoxy groups -OCH3 is 1. The first-order chi connectivity index (χ1) is 13.4. The molecule has 4 nitrogen and oxygen atoms in total. The van der Waals surface area contributed by atoms with Crippen molar-refractivity contribution in [3.8, 4) is 0 Å². The lowest BCUT2D eigenvalue weighted by Gasteiger charge is -2.49. The first kappa shape index (κ1) is 22.0. The number of ether oxygens (including phenoxy) is 3. The summed E-state index contributed by atoms with van der Waals surface area (Å²) in [7, 11) is 1.45. The van der Waals surface area contributed by atoms with E-state index in [4.69, 9.17) is 14.2 Å². The Hall–Kier alpha value is -0.690. The van der Waals surface area contributed by atoms with Gasteiger partial charge < -0.3 is 14.2 Å². The number of carbonyl (C=O) groups is 1. The Morgan fingerprint density at radius 1 is 1.21 bits per heavy atom. The highest BCUT2D eigenvalue weighted by Gasteiger charge is 2.48. The summed E-state index contributed by atoms with van der Waals surface area (Å²) in [6.45, 7) is 5.67. The molecule has 0 aromatic heterocycles. The second-order valence-corrected chi connectivity index (χ2v) is 11.6. The molecule has 2 aliphatic heterocycles. The molecule has 1 spiro atoms. The lowest BCUT2D eigenvalue weighted by Crippen LogP contribution is -2.50. The number of carbonyl (C=O) groups excluding carboxylic acids is 1. The van der Waals surface area contributed by atoms with Crippen LogP contribution >= 0.6 is 23.5 Å². The van der Waals surface area contributed by atoms with Gasteiger partial charge in [0, 0.05) is 5.41 Å². The van der Waals surface area contributed by atoms with E-state index >= 15 is 0 Å². The predicted octanol–water partition coefficient (Wildman–Crippen LogP) is 4.91. The van der Waals surface area contributed by atoms with Crippen molar-refractivity contribution in [3.63, 3.8) is 0 Å². The van der Waals surface area contributed by atoms with Gasteiger partial charge in [0.2, 0.25) is 0 Å². The number of thioether (sulfide) groups is 2. The highest BCUT2D eigenvalue weighted by atomic mass is 32.2. The quantitative estimate of drug-likeness (QED) is 0.580. The first-order valence-corrected chi connectivity index (χ1v) is 12.0. The predicted molar refractivity (Wildman–Crippen MR) is 117 cm³/mol. The Bertz CT molecular complexity index is 629. The van der Waals surface area contributed by atoms with Crippen LogP contribution in [0.4, 0.5) is 0 Å². The molecular formula is C22H32O4S2. The van der Waals surface area contributed by atoms with Crippen LogP contribution in [-0.2, 0) is 25.6 Å². The standard InChI is InChI=1S/C22H32O4S2/c1-21(2,16-25-15-17-8-5-4-6-9-17)19-14-22(27-10-7-11-28-22)13-18(26-19)12-20(23)24-3/h4-6,8-9,18-19H,7,10-16H2,1-3H3/t18-,19-/m0/s1. The molecule has 0 saturated carbocycles. The maximum atomic E-state index is 11.9. The van der Waals surface area contributed by atoms with E-state index in [0.717, 1.165) is 12.8 Å². The van der Waals surface area contributed by atoms with E-state index in [1.165, 1.54) is 30.6 Å². The third kappa shape index (κ3) is 5.91. The molecule has 6 heteroatoms. The van der Waals surface area contributed by atoms with Crippen molar-refractivity contribution in [1.82, 2.24) is 0 Å². The summed E-state index contributed by atoms with van der Waals surface area (Å²) in [6.07, 6.45) is 3.48. The Morgan fingerprint density at radius 3 is 2.61 bits per heavy atom. The van der Waals surface area contributed by atoms with E-state index in [1.54, 1.807) is 0 Å². The van der Waals surface area contributed by atoms with Gasteiger partial charge in [-0.15, -0.1) is 23.5 Å². The van der Waals surface area contributed by atoms with Crippen LogP contribution in [0.15, 0.2) is 30.3 Å². The fourth-order valence-electron chi connectivity index (χ4n) is 3.84. The van der Waals surface area contributed by atoms with Gasteiger partial charge >= 0.3 is 5.97 Å². The molecule has 0 bridgehead atoms. The molecule has 3 rings (SSSR count). The van der Waals surface area contributed by atoms with Crippen LogP contribution in [0.5, 0.6) is 0 Å². The lowest BCUT2D eigenvalue weighted by molar-refractivity contribution is -0.155. The van der Waals surface area contributed by atoms with E-state index in [0.29, 0.717) is 19.6 Å². The SMILES string of the molecule is COC(=O)C[C@H]1CC2(C[C@@H](C(C)(C)COCc3ccccc3)O1)SCCCS2. The summed E-state index contributed by atoms with van der Waals surface area (Å²) < 4.78 is 17.6. The molecule has 1 aromatic carbocycles. The number of hydrogen-bond donors (Lipinski definition) is 0. The van der Waals surface area contributed by atoms with E-state index in [-0.39, 0.29) is 27.7 Å². The second-order valence-electron chi connectivity index (χ2n) is 8.36. The number of hydrogen-bond acceptors (Lipinski definition) is 6. The van der Waals surface area contributed by atoms with Gasteiger partial charge in [-0.25, -0.2) is 0 Å². The van der Waals surface area contributed by atoms with Gasteiger partial charge in [0.05, 0.1) is 43.0 Å². The minimum Gasteiger partial charge on any atom is -0.469 e. The third-order valence-corrected chi connectivity index (χ3v) is 8.90. The smallest absolute Gasteiger partial charge is 0.308 e. The Balaban J connectivity index is 1.65. The molecule has 0 aliphatic carbocycles. The summed E-state index contributed by atoms with van der Waals surface area (Å²) in [4.78, 5) is 11.9. The molecule has 0 N–H and O–H groups in total. The molecule has 1 aromatic rings. The van der Waals surface area contributed by atoms with Crippen molar-refractivity contribution in [2.45, 2.75) is 62.4 Å². The number of benzene rings is 1. The minimum atomic E-state index is -0.190. The average Bonchev–Trinajstić information content (AvgIpc) is 2.69. The zero-order valence-corrected chi connectivity index (χ0v) is 18.8. The molecule has 28 heavy (non-hydrogen) atoms. The normalized spacial score (nSPS) is 24.8. The van der Waals surface area contributed by atoms with Crippen molar-refractivity contribution in [3.05, 3.63) is 35.9 Å². The van der Waals surface area contributed by atoms with E-state index < -0.39 is 0 Å². The van der Waals surface area contributed by atoms with Crippen molar-refractivity contribution in [2.75, 3.05) is 25.2 Å². The summed E-state index contributed by atoms with van der Waals surface area (Å²) in [6, 6.07) is 10.3. The molecule has 2 fully saturated rings. The minimum absolute atomic E-state index is 0.0600. The van der Waals surface area contributed by atoms with Gasteiger partial charge in [-0.2, -0.15) is 0 Å². The largest absolute Gasteiger partial charge is 0.469 e. The molecule has 156 valence electrons. The van der Waals surface area contributed by atoms with Gasteiger partial charge in [0.25, 0.3) is 0 Å². The summed E-state index contributed by atoms with van der Waals surface area (Å²) >= 11 is 4.11. The molecular weight excluding hydrogens is 392 g/mol. The van der Waals surface area contributed by atoms with Crippen LogP contribution in [0, 0.1) is 5.41 Å². The maximum absolute atomic E-state index is 11.9. The molecule has 2 atom stereocenters. The Kier molecular flexibility index (Phi) is 7.76. The topological polar surface area (TPSA) is 44.8 Å². The fraction of sp³-hybridized carbons (Fsp3) is 0.682. The van der Waals surface area contributed by atoms with Gasteiger partial charge in [0.15, 0.2) is 0 Å². The molecule has 2 heterocycles. The van der Waals surface area contributed by atoms with Gasteiger partial charge in [0.1, 0.15) is 0 Å². The van der Waals surface area contributed by atoms with Gasteiger partial charge in [-0.1, -0.05) is 44.2 Å². The summed E-state index contributed by atoms with van der Waals surface area (Å²) in [5.74, 6) is 2.19. The Morgan fingerprint density at radius 2 is 1.93 bits per heavy atom. The highest BCUT2D eigenvalue weighted by molar-refractivity contribution is 8.18. The zero-order chi connectivity index (χ0) is 20.0. The molecule has 2 aliphatic rings. The highest BCUT2D eigenvalue weighted by Crippen LogP contribution is 2.54. The number of rotatable bonds is 7. The summed E-state index contributed by atoms with van der Waals surface area (Å²) in [5, 5.41) is 0. The van der Waals surface area contributed by atoms with E-state index in [1.807, 2.05) is 18.2 Å². The average molecular weight is 425 g/mol. The fourth-order valence-corrected chi connectivity index (χ4v) is 7.33. The molecule has 2 saturated heterocycles. The van der Waals surface area contributed by atoms with Crippen LogP contribution in [0.1, 0.15) is 45.1 Å². The second kappa shape index (κ2) is 9.88. The van der Waals surface area contributed by atoms with Crippen LogP contribution in [0.2, 0.25) is 0 Å². The van der Waals surface area contributed by atoms with Crippen molar-refractivity contribution in [2.24, 2.45) is 5.41 Å². The molecule has 0 unspecified atom stereocenters. The van der Waals surface area contributed by atoms with E-state index in [2.05, 4.69) is 49.5 Å². The van der Waals surface area contributed by atoms with Crippen LogP contribution in [-0.4, -0.2) is 47.5 Å². The third-order valence-electron chi connectivity index (χ3n) is 5.49. The number of esters is 1. The first-order valence-electron chi connectivity index (χ1n) is 10.0. The van der Waals surface area contributed by atoms with Crippen LogP contribution in [0.25, 0.3) is 0 Å². The monoisotopic (exact) mass is 424 g/mol. The van der Waals surface area contributed by atoms with Crippen molar-refractivity contribution < 1.29 is 19.0 Å². The summed E-state index contributed by atoms with van der Waals surface area (Å²) in [5.41, 5.74) is 1.05. The van der Waals surface area contributed by atoms with Crippen molar-refractivity contribution in [1.29, 1.82) is 0 Å².